The van der Waals surface area contributed by atoms with Gasteiger partial charge in [-0.2, -0.15) is 0 Å². The van der Waals surface area contributed by atoms with E-state index in [1.807, 2.05) is 55.1 Å². The van der Waals surface area contributed by atoms with Gasteiger partial charge in [0.2, 0.25) is 0 Å². The van der Waals surface area contributed by atoms with Crippen molar-refractivity contribution in [2.24, 2.45) is 0 Å². The Kier molecular flexibility index (Phi) is 5.02. The molecule has 1 aliphatic rings. The Morgan fingerprint density at radius 1 is 1.14 bits per heavy atom. The van der Waals surface area contributed by atoms with Crippen LogP contribution in [0.3, 0.4) is 0 Å². The van der Waals surface area contributed by atoms with E-state index in [9.17, 15) is 4.79 Å². The average molecular weight is 373 g/mol. The van der Waals surface area contributed by atoms with Crippen molar-refractivity contribution in [2.45, 2.75) is 32.7 Å². The van der Waals surface area contributed by atoms with Gasteiger partial charge in [0.15, 0.2) is 0 Å². The van der Waals surface area contributed by atoms with Crippen LogP contribution < -0.4 is 5.32 Å². The summed E-state index contributed by atoms with van der Waals surface area (Å²) >= 11 is 0. The molecule has 1 N–H and O–H groups in total. The summed E-state index contributed by atoms with van der Waals surface area (Å²) in [5.41, 5.74) is 3.66. The molecule has 4 rings (SSSR count). The van der Waals surface area contributed by atoms with Crippen molar-refractivity contribution >= 4 is 17.5 Å². The molecule has 0 spiro atoms. The van der Waals surface area contributed by atoms with E-state index in [1.165, 1.54) is 0 Å². The Labute approximate surface area is 164 Å². The standard InChI is InChI=1S/C22H23N5O/c1-15-11-18(14-23-13-15)22(28)27-10-4-6-19(27)17-8-9-24-21(12-17)26-20-7-3-5-16(2)25-20/h3,5,7-9,11-14,19H,4,6,10H2,1-2H3,(H,24,25,26)/t19-/m0/s1. The van der Waals surface area contributed by atoms with Crippen LogP contribution >= 0.6 is 0 Å². The fourth-order valence-corrected chi connectivity index (χ4v) is 3.66. The lowest BCUT2D eigenvalue weighted by Crippen LogP contribution is -2.30. The second-order valence-electron chi connectivity index (χ2n) is 7.17. The second-order valence-corrected chi connectivity index (χ2v) is 7.17. The summed E-state index contributed by atoms with van der Waals surface area (Å²) in [5.74, 6) is 1.52. The Balaban J connectivity index is 1.57. The van der Waals surface area contributed by atoms with Gasteiger partial charge in [0, 0.05) is 30.8 Å². The zero-order chi connectivity index (χ0) is 19.5. The highest BCUT2D eigenvalue weighted by Crippen LogP contribution is 2.34. The highest BCUT2D eigenvalue weighted by Gasteiger charge is 2.31. The summed E-state index contributed by atoms with van der Waals surface area (Å²) in [6, 6.07) is 11.8. The van der Waals surface area contributed by atoms with Gasteiger partial charge in [0.1, 0.15) is 11.6 Å². The molecule has 0 aliphatic carbocycles. The molecule has 1 atom stereocenters. The van der Waals surface area contributed by atoms with Crippen LogP contribution in [-0.4, -0.2) is 32.3 Å². The van der Waals surface area contributed by atoms with Gasteiger partial charge in [-0.25, -0.2) is 9.97 Å². The summed E-state index contributed by atoms with van der Waals surface area (Å²) in [4.78, 5) is 28.0. The fraction of sp³-hybridized carbons (Fsp3) is 0.273. The summed E-state index contributed by atoms with van der Waals surface area (Å²) in [5, 5.41) is 3.26. The van der Waals surface area contributed by atoms with Crippen LogP contribution in [-0.2, 0) is 0 Å². The lowest BCUT2D eigenvalue weighted by molar-refractivity contribution is 0.0735. The Morgan fingerprint density at radius 3 is 2.86 bits per heavy atom. The van der Waals surface area contributed by atoms with E-state index >= 15 is 0 Å². The van der Waals surface area contributed by atoms with Crippen molar-refractivity contribution < 1.29 is 4.79 Å². The molecular weight excluding hydrogens is 350 g/mol. The monoisotopic (exact) mass is 373 g/mol. The molecule has 1 amide bonds. The number of carbonyl (C=O) groups excluding carboxylic acids is 1. The van der Waals surface area contributed by atoms with Crippen molar-refractivity contribution in [2.75, 3.05) is 11.9 Å². The maximum Gasteiger partial charge on any atom is 0.255 e. The van der Waals surface area contributed by atoms with Crippen LogP contribution in [0.2, 0.25) is 0 Å². The molecule has 6 nitrogen and oxygen atoms in total. The minimum absolute atomic E-state index is 0.0328. The summed E-state index contributed by atoms with van der Waals surface area (Å²) in [7, 11) is 0. The topological polar surface area (TPSA) is 71.0 Å². The molecule has 1 aliphatic heterocycles. The van der Waals surface area contributed by atoms with E-state index < -0.39 is 0 Å². The van der Waals surface area contributed by atoms with E-state index in [0.29, 0.717) is 5.56 Å². The molecule has 0 unspecified atom stereocenters. The quantitative estimate of drug-likeness (QED) is 0.742. The van der Waals surface area contributed by atoms with E-state index in [1.54, 1.807) is 18.6 Å². The normalized spacial score (nSPS) is 16.2. The average Bonchev–Trinajstić information content (AvgIpc) is 3.17. The van der Waals surface area contributed by atoms with Gasteiger partial charge >= 0.3 is 0 Å². The zero-order valence-electron chi connectivity index (χ0n) is 16.1. The third-order valence-electron chi connectivity index (χ3n) is 4.95. The molecule has 6 heteroatoms. The predicted octanol–water partition coefficient (Wildman–Crippen LogP) is 4.21. The number of rotatable bonds is 4. The lowest BCUT2D eigenvalue weighted by atomic mass is 10.0. The largest absolute Gasteiger partial charge is 0.332 e. The van der Waals surface area contributed by atoms with E-state index in [-0.39, 0.29) is 11.9 Å². The molecular formula is C22H23N5O. The molecule has 142 valence electrons. The molecule has 28 heavy (non-hydrogen) atoms. The third kappa shape index (κ3) is 3.86. The Morgan fingerprint density at radius 2 is 2.04 bits per heavy atom. The number of aromatic nitrogens is 3. The summed E-state index contributed by atoms with van der Waals surface area (Å²) in [6.45, 7) is 4.66. The first kappa shape index (κ1) is 18.1. The van der Waals surface area contributed by atoms with Gasteiger partial charge in [0.25, 0.3) is 5.91 Å². The smallest absolute Gasteiger partial charge is 0.255 e. The minimum atomic E-state index is 0.0328. The van der Waals surface area contributed by atoms with Crippen molar-refractivity contribution in [1.29, 1.82) is 0 Å². The van der Waals surface area contributed by atoms with Gasteiger partial charge in [-0.1, -0.05) is 6.07 Å². The molecule has 3 aromatic rings. The van der Waals surface area contributed by atoms with Gasteiger partial charge in [-0.15, -0.1) is 0 Å². The lowest BCUT2D eigenvalue weighted by Gasteiger charge is -2.25. The van der Waals surface area contributed by atoms with Crippen molar-refractivity contribution in [1.82, 2.24) is 19.9 Å². The molecule has 0 radical (unpaired) electrons. The highest BCUT2D eigenvalue weighted by molar-refractivity contribution is 5.94. The Hall–Kier alpha value is -3.28. The van der Waals surface area contributed by atoms with E-state index in [2.05, 4.69) is 20.3 Å². The van der Waals surface area contributed by atoms with Crippen LogP contribution in [0.1, 0.15) is 46.1 Å². The second kappa shape index (κ2) is 7.76. The summed E-state index contributed by atoms with van der Waals surface area (Å²) in [6.07, 6.45) is 7.12. The van der Waals surface area contributed by atoms with Gasteiger partial charge in [0.05, 0.1) is 11.6 Å². The first-order chi connectivity index (χ1) is 13.6. The maximum absolute atomic E-state index is 13.0. The number of carbonyl (C=O) groups is 1. The molecule has 3 aromatic heterocycles. The number of pyridine rings is 3. The zero-order valence-corrected chi connectivity index (χ0v) is 16.1. The van der Waals surface area contributed by atoms with Crippen LogP contribution in [0.5, 0.6) is 0 Å². The molecule has 1 saturated heterocycles. The van der Waals surface area contributed by atoms with Crippen LogP contribution in [0.15, 0.2) is 55.0 Å². The number of hydrogen-bond acceptors (Lipinski definition) is 5. The summed E-state index contributed by atoms with van der Waals surface area (Å²) < 4.78 is 0. The predicted molar refractivity (Wildman–Crippen MR) is 108 cm³/mol. The Bertz CT molecular complexity index is 1000. The third-order valence-corrected chi connectivity index (χ3v) is 4.95. The van der Waals surface area contributed by atoms with Crippen LogP contribution in [0, 0.1) is 13.8 Å². The number of amides is 1. The van der Waals surface area contributed by atoms with E-state index in [4.69, 9.17) is 0 Å². The molecule has 1 fully saturated rings. The van der Waals surface area contributed by atoms with E-state index in [0.717, 1.165) is 47.8 Å². The minimum Gasteiger partial charge on any atom is -0.332 e. The van der Waals surface area contributed by atoms with Gasteiger partial charge < -0.3 is 10.2 Å². The number of nitrogens with one attached hydrogen (secondary N) is 1. The molecule has 0 aromatic carbocycles. The van der Waals surface area contributed by atoms with Crippen molar-refractivity contribution in [3.63, 3.8) is 0 Å². The SMILES string of the molecule is Cc1cncc(C(=O)N2CCC[C@H]2c2ccnc(Nc3cccc(C)n3)c2)c1. The van der Waals surface area contributed by atoms with Crippen LogP contribution in [0.25, 0.3) is 0 Å². The number of anilines is 2. The fourth-order valence-electron chi connectivity index (χ4n) is 3.66. The van der Waals surface area contributed by atoms with Crippen molar-refractivity contribution in [3.05, 3.63) is 77.4 Å². The van der Waals surface area contributed by atoms with Gasteiger partial charge in [-0.3, -0.25) is 9.78 Å². The first-order valence-corrected chi connectivity index (χ1v) is 9.49. The maximum atomic E-state index is 13.0. The first-order valence-electron chi connectivity index (χ1n) is 9.49. The molecule has 4 heterocycles. The van der Waals surface area contributed by atoms with Gasteiger partial charge in [-0.05, 0) is 68.1 Å². The van der Waals surface area contributed by atoms with Crippen molar-refractivity contribution in [3.8, 4) is 0 Å². The van der Waals surface area contributed by atoms with Crippen LogP contribution in [0.4, 0.5) is 11.6 Å². The number of hydrogen-bond donors (Lipinski definition) is 1. The number of aryl methyl sites for hydroxylation is 2. The number of nitrogens with zero attached hydrogens (tertiary/aromatic N) is 4. The number of likely N-dealkylation sites (tertiary alicyclic amines) is 1. The molecule has 0 bridgehead atoms. The highest BCUT2D eigenvalue weighted by atomic mass is 16.2. The molecule has 0 saturated carbocycles.